The first-order valence-corrected chi connectivity index (χ1v) is 10.8. The number of nitrogens with zero attached hydrogens (tertiary/aromatic N) is 2. The van der Waals surface area contributed by atoms with Gasteiger partial charge in [-0.1, -0.05) is 19.9 Å². The highest BCUT2D eigenvalue weighted by atomic mass is 32.2. The Kier molecular flexibility index (Phi) is 5.69. The van der Waals surface area contributed by atoms with Gasteiger partial charge in [0.05, 0.1) is 4.90 Å². The molecular formula is C19H29N3O3S. The van der Waals surface area contributed by atoms with Crippen molar-refractivity contribution in [3.63, 3.8) is 0 Å². The summed E-state index contributed by atoms with van der Waals surface area (Å²) < 4.78 is 27.7. The fourth-order valence-electron chi connectivity index (χ4n) is 4.05. The molecule has 144 valence electrons. The van der Waals surface area contributed by atoms with Crippen LogP contribution in [0.4, 0.5) is 0 Å². The standard InChI is InChI=1S/C19H29N3O3S/c1-14-9-15(2)13-21(12-14)26(24,25)18-6-4-5-17(10-18)19(23)22-8-7-20-11-16(22)3/h4-6,10,14-16,20H,7-9,11-13H2,1-3H3. The van der Waals surface area contributed by atoms with E-state index in [-0.39, 0.29) is 16.8 Å². The van der Waals surface area contributed by atoms with Gasteiger partial charge in [-0.15, -0.1) is 0 Å². The highest BCUT2D eigenvalue weighted by Crippen LogP contribution is 2.27. The Balaban J connectivity index is 1.85. The van der Waals surface area contributed by atoms with Gasteiger partial charge < -0.3 is 10.2 Å². The van der Waals surface area contributed by atoms with Crippen molar-refractivity contribution in [2.75, 3.05) is 32.7 Å². The molecule has 1 N–H and O–H groups in total. The molecule has 2 heterocycles. The smallest absolute Gasteiger partial charge is 0.254 e. The molecule has 2 aliphatic heterocycles. The summed E-state index contributed by atoms with van der Waals surface area (Å²) in [5.41, 5.74) is 0.443. The summed E-state index contributed by atoms with van der Waals surface area (Å²) in [6.07, 6.45) is 1.05. The number of nitrogens with one attached hydrogen (secondary N) is 1. The molecule has 1 aromatic carbocycles. The second kappa shape index (κ2) is 7.66. The highest BCUT2D eigenvalue weighted by molar-refractivity contribution is 7.89. The average molecular weight is 380 g/mol. The molecule has 2 aliphatic rings. The van der Waals surface area contributed by atoms with Crippen molar-refractivity contribution in [2.24, 2.45) is 11.8 Å². The number of amides is 1. The molecule has 2 saturated heterocycles. The first-order valence-electron chi connectivity index (χ1n) is 9.41. The Hall–Kier alpha value is -1.44. The van der Waals surface area contributed by atoms with Crippen LogP contribution in [-0.4, -0.2) is 62.3 Å². The fourth-order valence-corrected chi connectivity index (χ4v) is 5.78. The maximum absolute atomic E-state index is 13.1. The summed E-state index contributed by atoms with van der Waals surface area (Å²) >= 11 is 0. The Morgan fingerprint density at radius 3 is 2.50 bits per heavy atom. The number of sulfonamides is 1. The summed E-state index contributed by atoms with van der Waals surface area (Å²) in [7, 11) is -3.58. The van der Waals surface area contributed by atoms with Crippen molar-refractivity contribution in [3.05, 3.63) is 29.8 Å². The molecule has 3 rings (SSSR count). The van der Waals surface area contributed by atoms with E-state index in [1.807, 2.05) is 11.8 Å². The van der Waals surface area contributed by atoms with Gasteiger partial charge in [0.25, 0.3) is 5.91 Å². The Morgan fingerprint density at radius 1 is 1.15 bits per heavy atom. The third-order valence-corrected chi connectivity index (χ3v) is 7.14. The van der Waals surface area contributed by atoms with E-state index in [0.29, 0.717) is 37.0 Å². The van der Waals surface area contributed by atoms with Crippen molar-refractivity contribution in [2.45, 2.75) is 38.1 Å². The van der Waals surface area contributed by atoms with Crippen molar-refractivity contribution >= 4 is 15.9 Å². The van der Waals surface area contributed by atoms with Crippen molar-refractivity contribution < 1.29 is 13.2 Å². The van der Waals surface area contributed by atoms with Crippen LogP contribution in [0, 0.1) is 11.8 Å². The summed E-state index contributed by atoms with van der Waals surface area (Å²) in [4.78, 5) is 14.9. The van der Waals surface area contributed by atoms with E-state index in [4.69, 9.17) is 0 Å². The minimum Gasteiger partial charge on any atom is -0.333 e. The lowest BCUT2D eigenvalue weighted by Gasteiger charge is -2.35. The second-order valence-electron chi connectivity index (χ2n) is 7.85. The molecule has 2 fully saturated rings. The van der Waals surface area contributed by atoms with Gasteiger partial charge in [-0.2, -0.15) is 4.31 Å². The van der Waals surface area contributed by atoms with E-state index in [9.17, 15) is 13.2 Å². The quantitative estimate of drug-likeness (QED) is 0.869. The van der Waals surface area contributed by atoms with Gasteiger partial charge in [-0.3, -0.25) is 4.79 Å². The topological polar surface area (TPSA) is 69.7 Å². The molecule has 0 aliphatic carbocycles. The monoisotopic (exact) mass is 379 g/mol. The number of hydrogen-bond acceptors (Lipinski definition) is 4. The summed E-state index contributed by atoms with van der Waals surface area (Å²) in [6, 6.07) is 6.61. The highest BCUT2D eigenvalue weighted by Gasteiger charge is 2.32. The third kappa shape index (κ3) is 3.94. The number of carbonyl (C=O) groups excluding carboxylic acids is 1. The molecule has 6 nitrogen and oxygen atoms in total. The zero-order valence-corrected chi connectivity index (χ0v) is 16.6. The van der Waals surface area contributed by atoms with Crippen LogP contribution in [0.1, 0.15) is 37.6 Å². The number of piperazine rings is 1. The van der Waals surface area contributed by atoms with Crippen LogP contribution in [0.2, 0.25) is 0 Å². The van der Waals surface area contributed by atoms with Gasteiger partial charge in [0.1, 0.15) is 0 Å². The Bertz CT molecular complexity index is 755. The Morgan fingerprint density at radius 2 is 1.85 bits per heavy atom. The van der Waals surface area contributed by atoms with E-state index < -0.39 is 10.0 Å². The Labute approximate surface area is 156 Å². The van der Waals surface area contributed by atoms with E-state index in [1.165, 1.54) is 6.07 Å². The second-order valence-corrected chi connectivity index (χ2v) is 9.79. The molecule has 0 bridgehead atoms. The van der Waals surface area contributed by atoms with E-state index >= 15 is 0 Å². The molecule has 26 heavy (non-hydrogen) atoms. The lowest BCUT2D eigenvalue weighted by molar-refractivity contribution is 0.0655. The number of carbonyl (C=O) groups is 1. The van der Waals surface area contributed by atoms with Crippen molar-refractivity contribution in [3.8, 4) is 0 Å². The molecule has 3 atom stereocenters. The molecular weight excluding hydrogens is 350 g/mol. The normalized spacial score (nSPS) is 28.1. The van der Waals surface area contributed by atoms with Gasteiger partial charge in [0, 0.05) is 44.3 Å². The zero-order chi connectivity index (χ0) is 18.9. The average Bonchev–Trinajstić information content (AvgIpc) is 2.61. The number of hydrogen-bond donors (Lipinski definition) is 1. The first-order chi connectivity index (χ1) is 12.3. The van der Waals surface area contributed by atoms with Gasteiger partial charge >= 0.3 is 0 Å². The minimum atomic E-state index is -3.58. The van der Waals surface area contributed by atoms with Gasteiger partial charge in [-0.05, 0) is 43.4 Å². The van der Waals surface area contributed by atoms with Crippen molar-refractivity contribution in [1.82, 2.24) is 14.5 Å². The lowest BCUT2D eigenvalue weighted by Crippen LogP contribution is -2.52. The number of benzene rings is 1. The summed E-state index contributed by atoms with van der Waals surface area (Å²) in [6.45, 7) is 9.41. The molecule has 7 heteroatoms. The van der Waals surface area contributed by atoms with Crippen LogP contribution in [0.3, 0.4) is 0 Å². The maximum Gasteiger partial charge on any atom is 0.254 e. The molecule has 0 aromatic heterocycles. The maximum atomic E-state index is 13.1. The van der Waals surface area contributed by atoms with Gasteiger partial charge in [0.2, 0.25) is 10.0 Å². The number of piperidine rings is 1. The largest absolute Gasteiger partial charge is 0.333 e. The lowest BCUT2D eigenvalue weighted by atomic mass is 9.94. The van der Waals surface area contributed by atoms with Crippen LogP contribution in [0.5, 0.6) is 0 Å². The SMILES string of the molecule is CC1CC(C)CN(S(=O)(=O)c2cccc(C(=O)N3CCNCC3C)c2)C1. The molecule has 0 saturated carbocycles. The van der Waals surface area contributed by atoms with Crippen LogP contribution >= 0.6 is 0 Å². The molecule has 0 radical (unpaired) electrons. The van der Waals surface area contributed by atoms with Crippen molar-refractivity contribution in [1.29, 1.82) is 0 Å². The minimum absolute atomic E-state index is 0.0975. The first kappa shape index (κ1) is 19.3. The van der Waals surface area contributed by atoms with E-state index in [2.05, 4.69) is 19.2 Å². The van der Waals surface area contributed by atoms with Crippen LogP contribution < -0.4 is 5.32 Å². The van der Waals surface area contributed by atoms with Crippen LogP contribution in [0.15, 0.2) is 29.2 Å². The summed E-state index contributed by atoms with van der Waals surface area (Å²) in [5.74, 6) is 0.594. The molecule has 3 unspecified atom stereocenters. The fraction of sp³-hybridized carbons (Fsp3) is 0.632. The predicted molar refractivity (Wildman–Crippen MR) is 102 cm³/mol. The zero-order valence-electron chi connectivity index (χ0n) is 15.8. The number of rotatable bonds is 3. The van der Waals surface area contributed by atoms with Crippen LogP contribution in [0.25, 0.3) is 0 Å². The summed E-state index contributed by atoms with van der Waals surface area (Å²) in [5, 5.41) is 3.26. The van der Waals surface area contributed by atoms with E-state index in [1.54, 1.807) is 22.5 Å². The molecule has 1 amide bonds. The van der Waals surface area contributed by atoms with Crippen LogP contribution in [-0.2, 0) is 10.0 Å². The third-order valence-electron chi connectivity index (χ3n) is 5.32. The van der Waals surface area contributed by atoms with Gasteiger partial charge in [-0.25, -0.2) is 8.42 Å². The molecule has 1 aromatic rings. The van der Waals surface area contributed by atoms with Gasteiger partial charge in [0.15, 0.2) is 0 Å². The molecule has 0 spiro atoms. The predicted octanol–water partition coefficient (Wildman–Crippen LogP) is 1.79. The van der Waals surface area contributed by atoms with E-state index in [0.717, 1.165) is 19.5 Å².